The van der Waals surface area contributed by atoms with Crippen molar-refractivity contribution < 1.29 is 4.74 Å². The second-order valence-corrected chi connectivity index (χ2v) is 3.31. The molecule has 1 aromatic rings. The van der Waals surface area contributed by atoms with E-state index >= 15 is 0 Å². The fourth-order valence-corrected chi connectivity index (χ4v) is 1.50. The van der Waals surface area contributed by atoms with Gasteiger partial charge in [-0.05, 0) is 32.0 Å². The number of hydrogen-bond donors (Lipinski definition) is 2. The molecule has 14 heavy (non-hydrogen) atoms. The number of rotatable bonds is 5. The molecule has 0 fully saturated rings. The summed E-state index contributed by atoms with van der Waals surface area (Å²) in [6.07, 6.45) is 0.949. The van der Waals surface area contributed by atoms with Gasteiger partial charge in [0.05, 0.1) is 7.11 Å². The molecule has 0 aliphatic heterocycles. The first-order valence-electron chi connectivity index (χ1n) is 4.82. The Balaban J connectivity index is 2.65. The number of ether oxygens (including phenoxy) is 1. The minimum Gasteiger partial charge on any atom is -0.496 e. The number of para-hydroxylation sites is 1. The summed E-state index contributed by atoms with van der Waals surface area (Å²) < 4.78 is 5.28. The third-order valence-electron chi connectivity index (χ3n) is 2.11. The molecule has 0 saturated carbocycles. The van der Waals surface area contributed by atoms with Crippen LogP contribution in [0.5, 0.6) is 5.75 Å². The number of hydrogen-bond acceptors (Lipinski definition) is 3. The van der Waals surface area contributed by atoms with Gasteiger partial charge in [0.25, 0.3) is 0 Å². The third kappa shape index (κ3) is 3.01. The first-order valence-corrected chi connectivity index (χ1v) is 4.82. The molecule has 0 aliphatic rings. The molecule has 1 aromatic carbocycles. The van der Waals surface area contributed by atoms with Crippen LogP contribution in [0.2, 0.25) is 0 Å². The average molecular weight is 194 g/mol. The molecular formula is C11H18N2O. The molecule has 0 aromatic heterocycles. The molecule has 0 aliphatic carbocycles. The van der Waals surface area contributed by atoms with Crippen LogP contribution in [-0.2, 0) is 6.42 Å². The van der Waals surface area contributed by atoms with Gasteiger partial charge in [-0.2, -0.15) is 0 Å². The molecule has 3 nitrogen and oxygen atoms in total. The summed E-state index contributed by atoms with van der Waals surface area (Å²) in [5.74, 6) is 0.956. The highest BCUT2D eigenvalue weighted by atomic mass is 16.5. The van der Waals surface area contributed by atoms with E-state index in [0.29, 0.717) is 6.04 Å². The molecule has 3 heteroatoms. The van der Waals surface area contributed by atoms with Gasteiger partial charge in [0.1, 0.15) is 5.75 Å². The van der Waals surface area contributed by atoms with Crippen molar-refractivity contribution in [2.45, 2.75) is 19.4 Å². The van der Waals surface area contributed by atoms with Gasteiger partial charge in [-0.25, -0.2) is 0 Å². The minimum atomic E-state index is 0.385. The van der Waals surface area contributed by atoms with Crippen LogP contribution in [0.3, 0.4) is 0 Å². The zero-order valence-electron chi connectivity index (χ0n) is 9.00. The normalized spacial score (nSPS) is 12.5. The zero-order chi connectivity index (χ0) is 10.4. The van der Waals surface area contributed by atoms with Crippen molar-refractivity contribution in [1.29, 1.82) is 0 Å². The highest BCUT2D eigenvalue weighted by Gasteiger charge is 2.06. The molecule has 78 valence electrons. The monoisotopic (exact) mass is 194 g/mol. The van der Waals surface area contributed by atoms with E-state index in [2.05, 4.69) is 23.8 Å². The maximum absolute atomic E-state index is 5.28. The molecule has 0 amide bonds. The summed E-state index contributed by atoms with van der Waals surface area (Å²) in [5.41, 5.74) is 7.30. The fraction of sp³-hybridized carbons (Fsp3) is 0.455. The highest BCUT2D eigenvalue weighted by Crippen LogP contribution is 2.18. The topological polar surface area (TPSA) is 33.3 Å². The van der Waals surface area contributed by atoms with Crippen LogP contribution in [0.4, 0.5) is 0 Å². The molecule has 1 atom stereocenters. The summed E-state index contributed by atoms with van der Waals surface area (Å²) in [7, 11) is 3.58. The van der Waals surface area contributed by atoms with E-state index in [-0.39, 0.29) is 0 Å². The van der Waals surface area contributed by atoms with Crippen LogP contribution in [0.25, 0.3) is 0 Å². The molecule has 0 heterocycles. The van der Waals surface area contributed by atoms with E-state index in [9.17, 15) is 0 Å². The summed E-state index contributed by atoms with van der Waals surface area (Å²) in [5, 5.41) is 0. The number of benzene rings is 1. The molecular weight excluding hydrogens is 176 g/mol. The average Bonchev–Trinajstić information content (AvgIpc) is 2.19. The molecule has 0 saturated heterocycles. The Bertz CT molecular complexity index is 276. The predicted molar refractivity (Wildman–Crippen MR) is 58.4 cm³/mol. The summed E-state index contributed by atoms with van der Waals surface area (Å²) in [4.78, 5) is 0. The van der Waals surface area contributed by atoms with Crippen LogP contribution in [0.15, 0.2) is 24.3 Å². The van der Waals surface area contributed by atoms with Crippen LogP contribution >= 0.6 is 0 Å². The number of methoxy groups -OCH3 is 1. The second kappa shape index (κ2) is 5.62. The smallest absolute Gasteiger partial charge is 0.122 e. The van der Waals surface area contributed by atoms with Crippen molar-refractivity contribution in [2.24, 2.45) is 0 Å². The van der Waals surface area contributed by atoms with Crippen molar-refractivity contribution >= 4 is 0 Å². The van der Waals surface area contributed by atoms with Gasteiger partial charge in [-0.3, -0.25) is 10.9 Å². The van der Waals surface area contributed by atoms with E-state index in [1.165, 1.54) is 5.56 Å². The quantitative estimate of drug-likeness (QED) is 0.694. The molecule has 2 N–H and O–H groups in total. The van der Waals surface area contributed by atoms with E-state index in [1.54, 1.807) is 7.11 Å². The van der Waals surface area contributed by atoms with E-state index in [0.717, 1.165) is 12.2 Å². The first-order chi connectivity index (χ1) is 6.77. The molecule has 1 unspecified atom stereocenters. The predicted octanol–water partition coefficient (Wildman–Crippen LogP) is 1.35. The lowest BCUT2D eigenvalue weighted by Crippen LogP contribution is -2.37. The lowest BCUT2D eigenvalue weighted by Gasteiger charge is -2.14. The van der Waals surface area contributed by atoms with Crippen molar-refractivity contribution in [3.63, 3.8) is 0 Å². The Morgan fingerprint density at radius 1 is 1.36 bits per heavy atom. The van der Waals surface area contributed by atoms with Crippen molar-refractivity contribution in [3.05, 3.63) is 29.8 Å². The fourth-order valence-electron chi connectivity index (χ4n) is 1.50. The molecule has 0 bridgehead atoms. The van der Waals surface area contributed by atoms with Crippen LogP contribution in [-0.4, -0.2) is 20.2 Å². The maximum Gasteiger partial charge on any atom is 0.122 e. The Morgan fingerprint density at radius 3 is 2.71 bits per heavy atom. The van der Waals surface area contributed by atoms with Gasteiger partial charge in [0, 0.05) is 6.04 Å². The summed E-state index contributed by atoms with van der Waals surface area (Å²) >= 11 is 0. The Kier molecular flexibility index (Phi) is 4.43. The number of hydrazine groups is 1. The van der Waals surface area contributed by atoms with Gasteiger partial charge >= 0.3 is 0 Å². The lowest BCUT2D eigenvalue weighted by molar-refractivity contribution is 0.403. The third-order valence-corrected chi connectivity index (χ3v) is 2.11. The van der Waals surface area contributed by atoms with Gasteiger partial charge < -0.3 is 4.74 Å². The van der Waals surface area contributed by atoms with E-state index in [4.69, 9.17) is 4.74 Å². The zero-order valence-corrected chi connectivity index (χ0v) is 9.00. The van der Waals surface area contributed by atoms with E-state index < -0.39 is 0 Å². The van der Waals surface area contributed by atoms with Gasteiger partial charge in [-0.15, -0.1) is 0 Å². The molecule has 0 spiro atoms. The largest absolute Gasteiger partial charge is 0.496 e. The maximum atomic E-state index is 5.28. The Labute approximate surface area is 85.4 Å². The Morgan fingerprint density at radius 2 is 2.07 bits per heavy atom. The van der Waals surface area contributed by atoms with Crippen molar-refractivity contribution in [3.8, 4) is 5.75 Å². The second-order valence-electron chi connectivity index (χ2n) is 3.31. The standard InChI is InChI=1S/C11H18N2O/c1-9(13-12-2)8-10-6-4-5-7-11(10)14-3/h4-7,9,12-13H,8H2,1-3H3. The molecule has 1 rings (SSSR count). The van der Waals surface area contributed by atoms with Gasteiger partial charge in [-0.1, -0.05) is 18.2 Å². The van der Waals surface area contributed by atoms with Crippen LogP contribution < -0.4 is 15.6 Å². The van der Waals surface area contributed by atoms with Crippen LogP contribution in [0.1, 0.15) is 12.5 Å². The minimum absolute atomic E-state index is 0.385. The van der Waals surface area contributed by atoms with Crippen molar-refractivity contribution in [2.75, 3.05) is 14.2 Å². The van der Waals surface area contributed by atoms with Gasteiger partial charge in [0.2, 0.25) is 0 Å². The van der Waals surface area contributed by atoms with E-state index in [1.807, 2.05) is 25.2 Å². The molecule has 0 radical (unpaired) electrons. The Hall–Kier alpha value is -1.06. The SMILES string of the molecule is CNNC(C)Cc1ccccc1OC. The van der Waals surface area contributed by atoms with Crippen molar-refractivity contribution in [1.82, 2.24) is 10.9 Å². The first kappa shape index (κ1) is 11.0. The van der Waals surface area contributed by atoms with Crippen LogP contribution in [0, 0.1) is 0 Å². The summed E-state index contributed by atoms with van der Waals surface area (Å²) in [6, 6.07) is 8.48. The number of nitrogens with one attached hydrogen (secondary N) is 2. The summed E-state index contributed by atoms with van der Waals surface area (Å²) in [6.45, 7) is 2.13. The lowest BCUT2D eigenvalue weighted by atomic mass is 10.1. The highest BCUT2D eigenvalue weighted by molar-refractivity contribution is 5.33. The van der Waals surface area contributed by atoms with Gasteiger partial charge in [0.15, 0.2) is 0 Å².